The molecule has 12 unspecified atom stereocenters. The third-order valence-electron chi connectivity index (χ3n) is 10.9. The van der Waals surface area contributed by atoms with Crippen LogP contribution in [-0.2, 0) is 4.79 Å². The monoisotopic (exact) mass is 461 g/mol. The number of aliphatic hydroxyl groups excluding tert-OH is 3. The van der Waals surface area contributed by atoms with E-state index in [1.165, 1.54) is 0 Å². The van der Waals surface area contributed by atoms with Gasteiger partial charge in [-0.3, -0.25) is 4.79 Å². The Kier molecular flexibility index (Phi) is 5.89. The van der Waals surface area contributed by atoms with Gasteiger partial charge < -0.3 is 25.7 Å². The highest BCUT2D eigenvalue weighted by molar-refractivity contribution is 6.02. The number of nitrogens with one attached hydrogen (secondary N) is 1. The fourth-order valence-corrected chi connectivity index (χ4v) is 8.96. The van der Waals surface area contributed by atoms with Gasteiger partial charge >= 0.3 is 0 Å². The lowest BCUT2D eigenvalue weighted by molar-refractivity contribution is -0.148. The molecule has 1 saturated heterocycles. The van der Waals surface area contributed by atoms with Crippen LogP contribution >= 0.6 is 0 Å². The summed E-state index contributed by atoms with van der Waals surface area (Å²) < 4.78 is 0. The number of hydrogen-bond donors (Lipinski definition) is 5. The molecular formula is C27H43NO5. The Morgan fingerprint density at radius 2 is 1.79 bits per heavy atom. The van der Waals surface area contributed by atoms with Crippen molar-refractivity contribution in [3.05, 3.63) is 11.1 Å². The quantitative estimate of drug-likeness (QED) is 0.431. The van der Waals surface area contributed by atoms with Crippen molar-refractivity contribution >= 4 is 5.78 Å². The van der Waals surface area contributed by atoms with Crippen LogP contribution in [-0.4, -0.2) is 62.7 Å². The molecule has 4 fully saturated rings. The van der Waals surface area contributed by atoms with Crippen LogP contribution in [0.15, 0.2) is 11.1 Å². The van der Waals surface area contributed by atoms with Crippen LogP contribution in [0.5, 0.6) is 0 Å². The zero-order valence-corrected chi connectivity index (χ0v) is 20.6. The molecule has 0 amide bonds. The van der Waals surface area contributed by atoms with Crippen molar-refractivity contribution < 1.29 is 25.2 Å². The summed E-state index contributed by atoms with van der Waals surface area (Å²) in [6.07, 6.45) is 3.30. The number of fused-ring (bicyclic) bond motifs is 5. The average molecular weight is 462 g/mol. The van der Waals surface area contributed by atoms with E-state index in [0.29, 0.717) is 31.6 Å². The Morgan fingerprint density at radius 3 is 2.48 bits per heavy atom. The summed E-state index contributed by atoms with van der Waals surface area (Å²) in [5, 5.41) is 47.5. The summed E-state index contributed by atoms with van der Waals surface area (Å²) in [4.78, 5) is 14.0. The zero-order valence-electron chi connectivity index (χ0n) is 20.6. The lowest BCUT2D eigenvalue weighted by Gasteiger charge is -2.54. The predicted octanol–water partition coefficient (Wildman–Crippen LogP) is 2.19. The normalized spacial score (nSPS) is 53.3. The number of piperidine rings is 1. The van der Waals surface area contributed by atoms with E-state index < -0.39 is 23.9 Å². The van der Waals surface area contributed by atoms with Gasteiger partial charge in [0.2, 0.25) is 0 Å². The summed E-state index contributed by atoms with van der Waals surface area (Å²) in [5.74, 6) is 0.407. The van der Waals surface area contributed by atoms with Gasteiger partial charge in [0, 0.05) is 23.5 Å². The van der Waals surface area contributed by atoms with Gasteiger partial charge in [0.25, 0.3) is 0 Å². The minimum atomic E-state index is -1.12. The molecule has 6 heteroatoms. The van der Waals surface area contributed by atoms with Gasteiger partial charge in [0.05, 0.1) is 23.9 Å². The number of carbonyl (C=O) groups excluding carboxylic acids is 1. The molecule has 0 aromatic carbocycles. The first kappa shape index (κ1) is 23.9. The van der Waals surface area contributed by atoms with E-state index in [9.17, 15) is 25.2 Å². The van der Waals surface area contributed by atoms with Crippen molar-refractivity contribution in [2.45, 2.75) is 103 Å². The summed E-state index contributed by atoms with van der Waals surface area (Å²) in [6, 6.07) is -0.194. The van der Waals surface area contributed by atoms with Crippen LogP contribution in [0.4, 0.5) is 0 Å². The predicted molar refractivity (Wildman–Crippen MR) is 125 cm³/mol. The highest BCUT2D eigenvalue weighted by atomic mass is 16.3. The molecule has 1 aliphatic heterocycles. The molecule has 1 heterocycles. The Hall–Kier alpha value is -0.790. The molecule has 3 saturated carbocycles. The van der Waals surface area contributed by atoms with Gasteiger partial charge in [-0.15, -0.1) is 0 Å². The Labute approximate surface area is 197 Å². The van der Waals surface area contributed by atoms with Crippen molar-refractivity contribution in [1.82, 2.24) is 5.32 Å². The minimum Gasteiger partial charge on any atom is -0.393 e. The molecule has 0 radical (unpaired) electrons. The molecule has 0 aromatic rings. The lowest BCUT2D eigenvalue weighted by Crippen LogP contribution is -2.58. The maximum absolute atomic E-state index is 14.0. The maximum atomic E-state index is 14.0. The third kappa shape index (κ3) is 3.42. The van der Waals surface area contributed by atoms with Crippen molar-refractivity contribution in [2.75, 3.05) is 6.54 Å². The number of hydrogen-bond acceptors (Lipinski definition) is 6. The Balaban J connectivity index is 1.49. The first-order valence-corrected chi connectivity index (χ1v) is 13.2. The number of Topliss-reactive ketones (excluding diaryl/α,β-unsaturated/α-hetero) is 1. The van der Waals surface area contributed by atoms with Gasteiger partial charge in [0.15, 0.2) is 5.78 Å². The number of aliphatic hydroxyl groups is 4. The van der Waals surface area contributed by atoms with Crippen molar-refractivity contribution in [3.8, 4) is 0 Å². The number of carbonyl (C=O) groups is 1. The summed E-state index contributed by atoms with van der Waals surface area (Å²) in [5.41, 5.74) is 0.188. The van der Waals surface area contributed by atoms with Crippen molar-refractivity contribution in [1.29, 1.82) is 0 Å². The fourth-order valence-electron chi connectivity index (χ4n) is 8.96. The molecule has 186 valence electrons. The standard InChI is InChI=1S/C27H43NO5/c1-13-9-21(31)24(28-12-13)15(3)27(33)8-6-17-18-11-20(30)19-10-16(29)5-7-26(19,4)23(18)25(32)22(17)14(27)2/h13,15-21,23-24,28-31,33H,5-12H2,1-4H3. The second-order valence-corrected chi connectivity index (χ2v) is 12.6. The van der Waals surface area contributed by atoms with Gasteiger partial charge in [-0.1, -0.05) is 20.8 Å². The third-order valence-corrected chi connectivity index (χ3v) is 10.9. The van der Waals surface area contributed by atoms with Gasteiger partial charge in [-0.05, 0) is 93.1 Å². The fraction of sp³-hybridized carbons (Fsp3) is 0.889. The molecule has 0 bridgehead atoms. The number of rotatable bonds is 2. The minimum absolute atomic E-state index is 0.0473. The zero-order chi connectivity index (χ0) is 23.9. The van der Waals surface area contributed by atoms with E-state index in [2.05, 4.69) is 19.2 Å². The smallest absolute Gasteiger partial charge is 0.163 e. The first-order valence-electron chi connectivity index (χ1n) is 13.2. The Bertz CT molecular complexity index is 842. The molecule has 0 aromatic heterocycles. The van der Waals surface area contributed by atoms with Gasteiger partial charge in [0.1, 0.15) is 0 Å². The van der Waals surface area contributed by atoms with E-state index >= 15 is 0 Å². The van der Waals surface area contributed by atoms with E-state index in [0.717, 1.165) is 37.0 Å². The molecule has 5 aliphatic rings. The molecule has 12 atom stereocenters. The first-order chi connectivity index (χ1) is 15.5. The summed E-state index contributed by atoms with van der Waals surface area (Å²) >= 11 is 0. The van der Waals surface area contributed by atoms with Crippen molar-refractivity contribution in [3.63, 3.8) is 0 Å². The molecule has 33 heavy (non-hydrogen) atoms. The van der Waals surface area contributed by atoms with Crippen LogP contribution in [0, 0.1) is 40.9 Å². The van der Waals surface area contributed by atoms with Crippen molar-refractivity contribution in [2.24, 2.45) is 40.9 Å². The number of allylic oxidation sites excluding steroid dienone is 1. The van der Waals surface area contributed by atoms with E-state index in [4.69, 9.17) is 0 Å². The largest absolute Gasteiger partial charge is 0.393 e. The second-order valence-electron chi connectivity index (χ2n) is 12.6. The topological polar surface area (TPSA) is 110 Å². The maximum Gasteiger partial charge on any atom is 0.163 e. The average Bonchev–Trinajstić information content (AvgIpc) is 3.04. The second kappa shape index (κ2) is 8.12. The van der Waals surface area contributed by atoms with Crippen LogP contribution in [0.25, 0.3) is 0 Å². The van der Waals surface area contributed by atoms with E-state index in [1.54, 1.807) is 0 Å². The van der Waals surface area contributed by atoms with Crippen LogP contribution in [0.2, 0.25) is 0 Å². The van der Waals surface area contributed by atoms with Gasteiger partial charge in [-0.2, -0.15) is 0 Å². The highest BCUT2D eigenvalue weighted by Gasteiger charge is 2.64. The van der Waals surface area contributed by atoms with E-state index in [-0.39, 0.29) is 46.8 Å². The highest BCUT2D eigenvalue weighted by Crippen LogP contribution is 2.64. The summed E-state index contributed by atoms with van der Waals surface area (Å²) in [7, 11) is 0. The van der Waals surface area contributed by atoms with E-state index in [1.807, 2.05) is 13.8 Å². The molecule has 5 N–H and O–H groups in total. The van der Waals surface area contributed by atoms with Gasteiger partial charge in [-0.25, -0.2) is 0 Å². The molecule has 5 rings (SSSR count). The SMILES string of the molecule is CC1=C2C(=O)C3C(CC(O)C4CC(O)CCC43C)C2CCC1(O)C(C)C1NCC(C)CC1O. The molecule has 4 aliphatic carbocycles. The number of ketones is 1. The Morgan fingerprint density at radius 1 is 1.06 bits per heavy atom. The van der Waals surface area contributed by atoms with Crippen LogP contribution < -0.4 is 5.32 Å². The van der Waals surface area contributed by atoms with Crippen LogP contribution in [0.3, 0.4) is 0 Å². The van der Waals surface area contributed by atoms with Crippen LogP contribution in [0.1, 0.15) is 72.6 Å². The molecular weight excluding hydrogens is 418 g/mol. The summed E-state index contributed by atoms with van der Waals surface area (Å²) in [6.45, 7) is 9.05. The molecule has 0 spiro atoms. The molecule has 6 nitrogen and oxygen atoms in total. The lowest BCUT2D eigenvalue weighted by atomic mass is 9.51.